The van der Waals surface area contributed by atoms with Crippen molar-refractivity contribution in [2.24, 2.45) is 5.73 Å². The van der Waals surface area contributed by atoms with Crippen molar-refractivity contribution in [3.63, 3.8) is 0 Å². The van der Waals surface area contributed by atoms with Gasteiger partial charge in [0.25, 0.3) is 0 Å². The van der Waals surface area contributed by atoms with Gasteiger partial charge in [0, 0.05) is 6.54 Å². The van der Waals surface area contributed by atoms with Crippen molar-refractivity contribution in [2.75, 3.05) is 6.54 Å². The molecule has 0 aliphatic rings. The Morgan fingerprint density at radius 3 is 2.93 bits per heavy atom. The van der Waals surface area contributed by atoms with Gasteiger partial charge >= 0.3 is 11.7 Å². The van der Waals surface area contributed by atoms with E-state index < -0.39 is 16.8 Å². The maximum Gasteiger partial charge on any atom is 0.314 e. The van der Waals surface area contributed by atoms with E-state index in [1.165, 1.54) is 0 Å². The second-order valence-electron chi connectivity index (χ2n) is 2.55. The van der Waals surface area contributed by atoms with Crippen molar-refractivity contribution in [1.29, 1.82) is 0 Å². The summed E-state index contributed by atoms with van der Waals surface area (Å²) in [6, 6.07) is 0. The smallest absolute Gasteiger partial charge is 0.314 e. The first-order chi connectivity index (χ1) is 6.57. The average Bonchev–Trinajstić information content (AvgIpc) is 2.53. The fourth-order valence-electron chi connectivity index (χ4n) is 1.03. The van der Waals surface area contributed by atoms with Crippen molar-refractivity contribution in [2.45, 2.75) is 5.92 Å². The number of nitrogens with zero attached hydrogens (tertiary/aromatic N) is 2. The Labute approximate surface area is 77.9 Å². The number of nitrogens with two attached hydrogens (primary N) is 1. The van der Waals surface area contributed by atoms with E-state index >= 15 is 0 Å². The van der Waals surface area contributed by atoms with Gasteiger partial charge in [-0.3, -0.25) is 20.0 Å². The van der Waals surface area contributed by atoms with Gasteiger partial charge in [-0.2, -0.15) is 5.10 Å². The van der Waals surface area contributed by atoms with E-state index in [2.05, 4.69) is 10.2 Å². The number of aromatic nitrogens is 2. The zero-order valence-corrected chi connectivity index (χ0v) is 7.01. The number of carboxylic acids is 1. The Kier molecular flexibility index (Phi) is 2.77. The molecule has 0 aromatic carbocycles. The van der Waals surface area contributed by atoms with E-state index in [4.69, 9.17) is 10.8 Å². The van der Waals surface area contributed by atoms with Crippen LogP contribution in [0.4, 0.5) is 5.69 Å². The topological polar surface area (TPSA) is 135 Å². The Bertz CT molecular complexity index is 360. The maximum atomic E-state index is 10.7. The summed E-state index contributed by atoms with van der Waals surface area (Å²) in [4.78, 5) is 20.4. The predicted molar refractivity (Wildman–Crippen MR) is 44.7 cm³/mol. The largest absolute Gasteiger partial charge is 0.481 e. The molecule has 1 rings (SSSR count). The van der Waals surface area contributed by atoms with Crippen LogP contribution in [0.3, 0.4) is 0 Å². The lowest BCUT2D eigenvalue weighted by Crippen LogP contribution is -2.22. The number of carboxylic acid groups (broad SMARTS) is 1. The normalized spacial score (nSPS) is 12.4. The highest BCUT2D eigenvalue weighted by molar-refractivity contribution is 5.77. The molecule has 8 nitrogen and oxygen atoms in total. The van der Waals surface area contributed by atoms with Gasteiger partial charge in [0.15, 0.2) is 0 Å². The van der Waals surface area contributed by atoms with E-state index in [0.29, 0.717) is 0 Å². The van der Waals surface area contributed by atoms with Crippen LogP contribution in [0.15, 0.2) is 6.20 Å². The molecule has 8 heteroatoms. The lowest BCUT2D eigenvalue weighted by molar-refractivity contribution is -0.385. The minimum atomic E-state index is -1.22. The molecule has 0 amide bonds. The molecule has 1 aromatic rings. The number of carbonyl (C=O) groups is 1. The lowest BCUT2D eigenvalue weighted by Gasteiger charge is -2.05. The molecule has 1 unspecified atom stereocenters. The van der Waals surface area contributed by atoms with Crippen LogP contribution < -0.4 is 5.73 Å². The molecule has 0 radical (unpaired) electrons. The summed E-state index contributed by atoms with van der Waals surface area (Å²) < 4.78 is 0. The summed E-state index contributed by atoms with van der Waals surface area (Å²) in [5, 5.41) is 24.8. The number of nitro groups is 1. The molecule has 1 aromatic heterocycles. The fraction of sp³-hybridized carbons (Fsp3) is 0.333. The van der Waals surface area contributed by atoms with Crippen LogP contribution in [0.5, 0.6) is 0 Å². The fourth-order valence-corrected chi connectivity index (χ4v) is 1.03. The monoisotopic (exact) mass is 200 g/mol. The third-order valence-electron chi connectivity index (χ3n) is 1.73. The van der Waals surface area contributed by atoms with Crippen LogP contribution in [-0.2, 0) is 4.79 Å². The SMILES string of the molecule is NCC(C(=O)O)c1[nH]ncc1[N+](=O)[O-]. The summed E-state index contributed by atoms with van der Waals surface area (Å²) >= 11 is 0. The molecule has 1 atom stereocenters. The quantitative estimate of drug-likeness (QED) is 0.440. The van der Waals surface area contributed by atoms with E-state index in [1.54, 1.807) is 0 Å². The Morgan fingerprint density at radius 2 is 2.50 bits per heavy atom. The van der Waals surface area contributed by atoms with Gasteiger partial charge in [-0.1, -0.05) is 0 Å². The van der Waals surface area contributed by atoms with Crippen molar-refractivity contribution in [1.82, 2.24) is 10.2 Å². The van der Waals surface area contributed by atoms with Crippen molar-refractivity contribution in [3.05, 3.63) is 22.0 Å². The highest BCUT2D eigenvalue weighted by Crippen LogP contribution is 2.23. The van der Waals surface area contributed by atoms with Crippen LogP contribution in [0.2, 0.25) is 0 Å². The number of H-pyrrole nitrogens is 1. The molecule has 14 heavy (non-hydrogen) atoms. The van der Waals surface area contributed by atoms with Crippen LogP contribution in [-0.4, -0.2) is 32.7 Å². The summed E-state index contributed by atoms with van der Waals surface area (Å²) in [6.07, 6.45) is 0.959. The number of aliphatic carboxylic acids is 1. The van der Waals surface area contributed by atoms with Gasteiger partial charge in [-0.15, -0.1) is 0 Å². The minimum absolute atomic E-state index is 0.0787. The molecule has 0 bridgehead atoms. The van der Waals surface area contributed by atoms with Gasteiger partial charge in [-0.25, -0.2) is 0 Å². The average molecular weight is 200 g/mol. The molecular weight excluding hydrogens is 192 g/mol. The lowest BCUT2D eigenvalue weighted by atomic mass is 10.1. The third kappa shape index (κ3) is 1.69. The van der Waals surface area contributed by atoms with Crippen molar-refractivity contribution < 1.29 is 14.8 Å². The van der Waals surface area contributed by atoms with Crippen molar-refractivity contribution >= 4 is 11.7 Å². The molecule has 76 valence electrons. The first kappa shape index (κ1) is 10.1. The molecule has 1 heterocycles. The number of hydrogen-bond acceptors (Lipinski definition) is 5. The third-order valence-corrected chi connectivity index (χ3v) is 1.73. The molecule has 0 fully saturated rings. The zero-order chi connectivity index (χ0) is 10.7. The molecule has 0 saturated heterocycles. The van der Waals surface area contributed by atoms with E-state index in [-0.39, 0.29) is 17.9 Å². The Hall–Kier alpha value is -1.96. The molecule has 4 N–H and O–H groups in total. The van der Waals surface area contributed by atoms with Gasteiger partial charge in [0.2, 0.25) is 0 Å². The minimum Gasteiger partial charge on any atom is -0.481 e. The summed E-state index contributed by atoms with van der Waals surface area (Å²) in [5.41, 5.74) is 4.75. The van der Waals surface area contributed by atoms with E-state index in [9.17, 15) is 14.9 Å². The first-order valence-corrected chi connectivity index (χ1v) is 3.68. The second-order valence-corrected chi connectivity index (χ2v) is 2.55. The summed E-state index contributed by atoms with van der Waals surface area (Å²) in [6.45, 7) is -0.224. The molecule has 0 aliphatic heterocycles. The van der Waals surface area contributed by atoms with Crippen LogP contribution >= 0.6 is 0 Å². The van der Waals surface area contributed by atoms with Gasteiger partial charge < -0.3 is 10.8 Å². The van der Waals surface area contributed by atoms with Crippen LogP contribution in [0, 0.1) is 10.1 Å². The standard InChI is InChI=1S/C6H8N4O4/c7-1-3(6(11)12)5-4(10(13)14)2-8-9-5/h2-3H,1,7H2,(H,8,9)(H,11,12). The highest BCUT2D eigenvalue weighted by atomic mass is 16.6. The number of hydrogen-bond donors (Lipinski definition) is 3. The molecule has 0 spiro atoms. The summed E-state index contributed by atoms with van der Waals surface area (Å²) in [5.74, 6) is -2.35. The number of aromatic amines is 1. The predicted octanol–water partition coefficient (Wildman–Crippen LogP) is -0.555. The van der Waals surface area contributed by atoms with Crippen LogP contribution in [0.1, 0.15) is 11.6 Å². The molecular formula is C6H8N4O4. The zero-order valence-electron chi connectivity index (χ0n) is 7.01. The first-order valence-electron chi connectivity index (χ1n) is 3.68. The summed E-state index contributed by atoms with van der Waals surface area (Å²) in [7, 11) is 0. The van der Waals surface area contributed by atoms with Gasteiger partial charge in [-0.05, 0) is 0 Å². The van der Waals surface area contributed by atoms with Gasteiger partial charge in [0.05, 0.1) is 4.92 Å². The maximum absolute atomic E-state index is 10.7. The van der Waals surface area contributed by atoms with Crippen LogP contribution in [0.25, 0.3) is 0 Å². The molecule has 0 saturated carbocycles. The van der Waals surface area contributed by atoms with Crippen molar-refractivity contribution in [3.8, 4) is 0 Å². The highest BCUT2D eigenvalue weighted by Gasteiger charge is 2.28. The Balaban J connectivity index is 3.10. The second kappa shape index (κ2) is 3.83. The molecule has 0 aliphatic carbocycles. The Morgan fingerprint density at radius 1 is 1.86 bits per heavy atom. The number of nitrogens with one attached hydrogen (secondary N) is 1. The number of rotatable bonds is 4. The van der Waals surface area contributed by atoms with Gasteiger partial charge in [0.1, 0.15) is 17.8 Å². The van der Waals surface area contributed by atoms with E-state index in [0.717, 1.165) is 6.20 Å². The van der Waals surface area contributed by atoms with E-state index in [1.807, 2.05) is 0 Å².